The van der Waals surface area contributed by atoms with Crippen molar-refractivity contribution in [3.63, 3.8) is 0 Å². The molecule has 0 aromatic rings. The molecule has 0 aliphatic rings. The Labute approximate surface area is 105 Å². The average Bonchev–Trinajstić information content (AvgIpc) is 2.28. The van der Waals surface area contributed by atoms with Gasteiger partial charge >= 0.3 is 0 Å². The zero-order valence-corrected chi connectivity index (χ0v) is 11.8. The summed E-state index contributed by atoms with van der Waals surface area (Å²) in [5.41, 5.74) is 5.61. The van der Waals surface area contributed by atoms with Crippen LogP contribution in [0.25, 0.3) is 0 Å². The second kappa shape index (κ2) is 8.48. The number of carbonyl (C=O) groups excluding carboxylic acids is 1. The van der Waals surface area contributed by atoms with E-state index < -0.39 is 0 Å². The molecule has 0 aromatic heterocycles. The Kier molecular flexibility index (Phi) is 8.17. The lowest BCUT2D eigenvalue weighted by atomic mass is 9.93. The Morgan fingerprint density at radius 2 is 2.00 bits per heavy atom. The van der Waals surface area contributed by atoms with Crippen LogP contribution >= 0.6 is 0 Å². The summed E-state index contributed by atoms with van der Waals surface area (Å²) < 4.78 is 5.34. The predicted octanol–water partition coefficient (Wildman–Crippen LogP) is 1.64. The van der Waals surface area contributed by atoms with Gasteiger partial charge in [-0.3, -0.25) is 4.79 Å². The molecule has 0 radical (unpaired) electrons. The molecule has 0 spiro atoms. The van der Waals surface area contributed by atoms with Gasteiger partial charge in [-0.1, -0.05) is 33.6 Å². The molecule has 0 aromatic carbocycles. The van der Waals surface area contributed by atoms with Crippen LogP contribution in [0.5, 0.6) is 0 Å². The van der Waals surface area contributed by atoms with Gasteiger partial charge in [0.15, 0.2) is 0 Å². The third-order valence-electron chi connectivity index (χ3n) is 2.76. The van der Waals surface area contributed by atoms with Gasteiger partial charge in [0.2, 0.25) is 5.91 Å². The smallest absolute Gasteiger partial charge is 0.248 e. The highest BCUT2D eigenvalue weighted by Crippen LogP contribution is 2.13. The third-order valence-corrected chi connectivity index (χ3v) is 2.76. The normalized spacial score (nSPS) is 11.6. The summed E-state index contributed by atoms with van der Waals surface area (Å²) in [6, 6.07) is 0. The van der Waals surface area contributed by atoms with Gasteiger partial charge < -0.3 is 15.4 Å². The summed E-state index contributed by atoms with van der Waals surface area (Å²) >= 11 is 0. The maximum Gasteiger partial charge on any atom is 0.248 e. The number of carbonyl (C=O) groups is 1. The Morgan fingerprint density at radius 3 is 2.53 bits per heavy atom. The van der Waals surface area contributed by atoms with Gasteiger partial charge in [-0.15, -0.1) is 0 Å². The largest absolute Gasteiger partial charge is 0.372 e. The summed E-state index contributed by atoms with van der Waals surface area (Å²) in [5, 5.41) is 0. The Balaban J connectivity index is 3.75. The molecular formula is C13H28N2O2. The topological polar surface area (TPSA) is 55.6 Å². The molecule has 0 heterocycles. The SMILES string of the molecule is CCCCCOCC(=O)N(C)CC(C)(C)CN. The van der Waals surface area contributed by atoms with Crippen molar-refractivity contribution >= 4 is 5.91 Å². The summed E-state index contributed by atoms with van der Waals surface area (Å²) in [4.78, 5) is 13.4. The minimum atomic E-state index is -0.0351. The summed E-state index contributed by atoms with van der Waals surface area (Å²) in [7, 11) is 1.80. The lowest BCUT2D eigenvalue weighted by Crippen LogP contribution is -2.41. The molecule has 0 aliphatic heterocycles. The fourth-order valence-corrected chi connectivity index (χ4v) is 1.52. The van der Waals surface area contributed by atoms with Gasteiger partial charge in [0.05, 0.1) is 0 Å². The maximum absolute atomic E-state index is 11.7. The lowest BCUT2D eigenvalue weighted by Gasteiger charge is -2.29. The van der Waals surface area contributed by atoms with Crippen molar-refractivity contribution in [2.45, 2.75) is 40.0 Å². The molecule has 0 fully saturated rings. The second-order valence-electron chi connectivity index (χ2n) is 5.38. The van der Waals surface area contributed by atoms with E-state index in [4.69, 9.17) is 10.5 Å². The van der Waals surface area contributed by atoms with Crippen LogP contribution in [-0.4, -0.2) is 44.2 Å². The van der Waals surface area contributed by atoms with Crippen molar-refractivity contribution in [1.82, 2.24) is 4.90 Å². The van der Waals surface area contributed by atoms with E-state index in [9.17, 15) is 4.79 Å². The number of hydrogen-bond acceptors (Lipinski definition) is 3. The first-order chi connectivity index (χ1) is 7.93. The zero-order valence-electron chi connectivity index (χ0n) is 11.8. The van der Waals surface area contributed by atoms with E-state index in [0.717, 1.165) is 12.8 Å². The van der Waals surface area contributed by atoms with Crippen molar-refractivity contribution in [3.8, 4) is 0 Å². The van der Waals surface area contributed by atoms with Crippen molar-refractivity contribution in [2.24, 2.45) is 11.1 Å². The zero-order chi connectivity index (χ0) is 13.3. The summed E-state index contributed by atoms with van der Waals surface area (Å²) in [6.45, 7) is 8.35. The standard InChI is InChI=1S/C13H28N2O2/c1-5-6-7-8-17-9-12(16)15(4)11-13(2,3)10-14/h5-11,14H2,1-4H3. The first-order valence-corrected chi connectivity index (χ1v) is 6.44. The van der Waals surface area contributed by atoms with Crippen LogP contribution in [0.3, 0.4) is 0 Å². The number of likely N-dealkylation sites (N-methyl/N-ethyl adjacent to an activating group) is 1. The molecule has 4 heteroatoms. The van der Waals surface area contributed by atoms with E-state index in [0.29, 0.717) is 19.7 Å². The van der Waals surface area contributed by atoms with E-state index in [1.807, 2.05) is 0 Å². The number of nitrogens with zero attached hydrogens (tertiary/aromatic N) is 1. The number of ether oxygens (including phenoxy) is 1. The Morgan fingerprint density at radius 1 is 1.35 bits per heavy atom. The first-order valence-electron chi connectivity index (χ1n) is 6.44. The van der Waals surface area contributed by atoms with Crippen LogP contribution < -0.4 is 5.73 Å². The van der Waals surface area contributed by atoms with Gasteiger partial charge in [-0.25, -0.2) is 0 Å². The van der Waals surface area contributed by atoms with E-state index in [-0.39, 0.29) is 17.9 Å². The van der Waals surface area contributed by atoms with Crippen LogP contribution in [0.4, 0.5) is 0 Å². The number of rotatable bonds is 9. The van der Waals surface area contributed by atoms with Crippen LogP contribution in [-0.2, 0) is 9.53 Å². The molecule has 0 saturated heterocycles. The molecule has 4 nitrogen and oxygen atoms in total. The molecule has 0 rings (SSSR count). The van der Waals surface area contributed by atoms with Crippen LogP contribution in [0.15, 0.2) is 0 Å². The number of unbranched alkanes of at least 4 members (excludes halogenated alkanes) is 2. The minimum absolute atomic E-state index is 0.0306. The Hall–Kier alpha value is -0.610. The van der Waals surface area contributed by atoms with E-state index in [1.54, 1.807) is 11.9 Å². The van der Waals surface area contributed by atoms with Gasteiger partial charge in [-0.2, -0.15) is 0 Å². The fourth-order valence-electron chi connectivity index (χ4n) is 1.52. The number of hydrogen-bond donors (Lipinski definition) is 1. The fraction of sp³-hybridized carbons (Fsp3) is 0.923. The molecule has 0 aliphatic carbocycles. The lowest BCUT2D eigenvalue weighted by molar-refractivity contribution is -0.136. The average molecular weight is 244 g/mol. The van der Waals surface area contributed by atoms with Gasteiger partial charge in [0, 0.05) is 20.2 Å². The first kappa shape index (κ1) is 16.4. The molecular weight excluding hydrogens is 216 g/mol. The molecule has 0 bridgehead atoms. The minimum Gasteiger partial charge on any atom is -0.372 e. The highest BCUT2D eigenvalue weighted by Gasteiger charge is 2.20. The van der Waals surface area contributed by atoms with Gasteiger partial charge in [0.25, 0.3) is 0 Å². The van der Waals surface area contributed by atoms with E-state index >= 15 is 0 Å². The molecule has 2 N–H and O–H groups in total. The third kappa shape index (κ3) is 8.16. The maximum atomic E-state index is 11.7. The van der Waals surface area contributed by atoms with Crippen molar-refractivity contribution in [3.05, 3.63) is 0 Å². The highest BCUT2D eigenvalue weighted by atomic mass is 16.5. The van der Waals surface area contributed by atoms with Crippen molar-refractivity contribution < 1.29 is 9.53 Å². The monoisotopic (exact) mass is 244 g/mol. The summed E-state index contributed by atoms with van der Waals surface area (Å²) in [5.74, 6) is 0.0306. The number of nitrogens with two attached hydrogens (primary N) is 1. The van der Waals surface area contributed by atoms with Crippen LogP contribution in [0.2, 0.25) is 0 Å². The second-order valence-corrected chi connectivity index (χ2v) is 5.38. The highest BCUT2D eigenvalue weighted by molar-refractivity contribution is 5.77. The summed E-state index contributed by atoms with van der Waals surface area (Å²) in [6.07, 6.45) is 3.36. The quantitative estimate of drug-likeness (QED) is 0.627. The predicted molar refractivity (Wildman–Crippen MR) is 70.8 cm³/mol. The van der Waals surface area contributed by atoms with Crippen molar-refractivity contribution in [2.75, 3.05) is 33.4 Å². The molecule has 0 unspecified atom stereocenters. The number of amides is 1. The van der Waals surface area contributed by atoms with Crippen LogP contribution in [0, 0.1) is 5.41 Å². The molecule has 102 valence electrons. The molecule has 1 amide bonds. The van der Waals surface area contributed by atoms with E-state index in [2.05, 4.69) is 20.8 Å². The van der Waals surface area contributed by atoms with Crippen molar-refractivity contribution in [1.29, 1.82) is 0 Å². The van der Waals surface area contributed by atoms with Gasteiger partial charge in [-0.05, 0) is 18.4 Å². The molecule has 0 saturated carbocycles. The van der Waals surface area contributed by atoms with Gasteiger partial charge in [0.1, 0.15) is 6.61 Å². The van der Waals surface area contributed by atoms with Crippen LogP contribution in [0.1, 0.15) is 40.0 Å². The van der Waals surface area contributed by atoms with E-state index in [1.165, 1.54) is 6.42 Å². The molecule has 0 atom stereocenters. The molecule has 17 heavy (non-hydrogen) atoms. The Bertz CT molecular complexity index is 217.